The first-order valence-corrected chi connectivity index (χ1v) is 6.04. The van der Waals surface area contributed by atoms with E-state index in [1.807, 2.05) is 0 Å². The number of methoxy groups -OCH3 is 1. The van der Waals surface area contributed by atoms with E-state index >= 15 is 0 Å². The summed E-state index contributed by atoms with van der Waals surface area (Å²) >= 11 is 0. The van der Waals surface area contributed by atoms with Crippen LogP contribution in [0.3, 0.4) is 0 Å². The Balaban J connectivity index is 2.18. The Labute approximate surface area is 116 Å². The maximum Gasteiger partial charge on any atom is 0.236 e. The highest BCUT2D eigenvalue weighted by Gasteiger charge is 2.20. The van der Waals surface area contributed by atoms with Crippen LogP contribution in [0.4, 0.5) is 4.39 Å². The van der Waals surface area contributed by atoms with Crippen LogP contribution in [0.1, 0.15) is 5.56 Å². The molecule has 1 aromatic carbocycles. The predicted molar refractivity (Wildman–Crippen MR) is 70.3 cm³/mol. The Morgan fingerprint density at radius 2 is 2.25 bits per heavy atom. The van der Waals surface area contributed by atoms with Crippen molar-refractivity contribution >= 4 is 5.57 Å². The predicted octanol–water partition coefficient (Wildman–Crippen LogP) is 2.36. The lowest BCUT2D eigenvalue weighted by atomic mass is 10.0. The molecule has 0 saturated heterocycles. The second-order valence-corrected chi connectivity index (χ2v) is 4.04. The summed E-state index contributed by atoms with van der Waals surface area (Å²) in [5, 5.41) is 3.07. The number of allylic oxidation sites excluding steroid dienone is 2. The lowest BCUT2D eigenvalue weighted by molar-refractivity contribution is 0.146. The number of benzene rings is 1. The van der Waals surface area contributed by atoms with Gasteiger partial charge in [0.1, 0.15) is 18.2 Å². The molecule has 5 nitrogen and oxygen atoms in total. The van der Waals surface area contributed by atoms with Gasteiger partial charge in [0.25, 0.3) is 0 Å². The van der Waals surface area contributed by atoms with Gasteiger partial charge < -0.3 is 14.2 Å². The van der Waals surface area contributed by atoms with Gasteiger partial charge >= 0.3 is 0 Å². The SMILES string of the molecule is COCCOc1ccc(C2=CC=COC2N=[N])c(F)c1. The van der Waals surface area contributed by atoms with Gasteiger partial charge in [-0.25, -0.2) is 4.39 Å². The van der Waals surface area contributed by atoms with E-state index in [4.69, 9.17) is 19.7 Å². The standard InChI is InChI=1S/C14H14FN2O3/c1-18-7-8-19-10-4-5-11(13(15)9-10)12-3-2-6-20-14(12)17-16/h2-6,9,14H,7-8H2,1H3. The molecule has 0 saturated carbocycles. The van der Waals surface area contributed by atoms with Crippen LogP contribution >= 0.6 is 0 Å². The molecule has 0 aromatic heterocycles. The first-order valence-electron chi connectivity index (χ1n) is 6.04. The van der Waals surface area contributed by atoms with Gasteiger partial charge in [0.2, 0.25) is 6.23 Å². The number of rotatable bonds is 6. The van der Waals surface area contributed by atoms with Gasteiger partial charge in [-0.2, -0.15) is 0 Å². The molecular weight excluding hydrogens is 263 g/mol. The minimum atomic E-state index is -0.922. The average Bonchev–Trinajstić information content (AvgIpc) is 2.48. The lowest BCUT2D eigenvalue weighted by Gasteiger charge is -2.18. The highest BCUT2D eigenvalue weighted by Crippen LogP contribution is 2.29. The summed E-state index contributed by atoms with van der Waals surface area (Å²) in [7, 11) is 1.56. The molecule has 2 rings (SSSR count). The number of ether oxygens (including phenoxy) is 3. The summed E-state index contributed by atoms with van der Waals surface area (Å²) in [6.45, 7) is 0.775. The average molecular weight is 277 g/mol. The third kappa shape index (κ3) is 3.21. The minimum Gasteiger partial charge on any atom is -0.491 e. The molecule has 1 aliphatic rings. The highest BCUT2D eigenvalue weighted by molar-refractivity contribution is 5.71. The topological polar surface area (TPSA) is 62.3 Å². The zero-order valence-corrected chi connectivity index (χ0v) is 11.0. The molecule has 6 heteroatoms. The van der Waals surface area contributed by atoms with Gasteiger partial charge in [-0.15, -0.1) is 5.11 Å². The van der Waals surface area contributed by atoms with Crippen LogP contribution < -0.4 is 10.3 Å². The van der Waals surface area contributed by atoms with Crippen molar-refractivity contribution in [2.75, 3.05) is 20.3 Å². The largest absolute Gasteiger partial charge is 0.491 e. The van der Waals surface area contributed by atoms with Crippen molar-refractivity contribution in [3.05, 3.63) is 48.0 Å². The van der Waals surface area contributed by atoms with Crippen LogP contribution in [0.15, 0.2) is 41.7 Å². The van der Waals surface area contributed by atoms with Gasteiger partial charge in [-0.1, -0.05) is 0 Å². The molecule has 105 valence electrons. The van der Waals surface area contributed by atoms with Crippen LogP contribution in [0.2, 0.25) is 0 Å². The zero-order chi connectivity index (χ0) is 14.4. The fourth-order valence-electron chi connectivity index (χ4n) is 1.79. The summed E-state index contributed by atoms with van der Waals surface area (Å²) < 4.78 is 29.3. The fourth-order valence-corrected chi connectivity index (χ4v) is 1.79. The van der Waals surface area contributed by atoms with E-state index in [0.717, 1.165) is 0 Å². The third-order valence-corrected chi connectivity index (χ3v) is 2.74. The Hall–Kier alpha value is -2.21. The first-order chi connectivity index (χ1) is 9.76. The normalized spacial score (nSPS) is 17.3. The molecule has 1 heterocycles. The van der Waals surface area contributed by atoms with E-state index in [-0.39, 0.29) is 0 Å². The Morgan fingerprint density at radius 1 is 1.40 bits per heavy atom. The molecule has 0 bridgehead atoms. The van der Waals surface area contributed by atoms with E-state index in [2.05, 4.69) is 5.11 Å². The quantitative estimate of drug-likeness (QED) is 0.592. The van der Waals surface area contributed by atoms with Crippen molar-refractivity contribution in [3.63, 3.8) is 0 Å². The molecular formula is C14H14FN2O3. The van der Waals surface area contributed by atoms with E-state index < -0.39 is 12.0 Å². The van der Waals surface area contributed by atoms with Crippen LogP contribution in [-0.4, -0.2) is 26.6 Å². The molecule has 20 heavy (non-hydrogen) atoms. The van der Waals surface area contributed by atoms with Crippen molar-refractivity contribution in [3.8, 4) is 5.75 Å². The van der Waals surface area contributed by atoms with Crippen molar-refractivity contribution in [1.29, 1.82) is 0 Å². The number of hydrogen-bond acceptors (Lipinski definition) is 4. The third-order valence-electron chi connectivity index (χ3n) is 2.74. The van der Waals surface area contributed by atoms with Crippen molar-refractivity contribution in [1.82, 2.24) is 5.53 Å². The molecule has 0 spiro atoms. The van der Waals surface area contributed by atoms with Crippen LogP contribution in [0, 0.1) is 5.82 Å². The number of hydrogen-bond donors (Lipinski definition) is 0. The van der Waals surface area contributed by atoms with Crippen LogP contribution in [-0.2, 0) is 9.47 Å². The van der Waals surface area contributed by atoms with Gasteiger partial charge in [-0.05, 0) is 29.8 Å². The molecule has 1 atom stereocenters. The lowest BCUT2D eigenvalue weighted by Crippen LogP contribution is -2.13. The Kier molecular flexibility index (Phi) is 4.84. The molecule has 1 unspecified atom stereocenters. The van der Waals surface area contributed by atoms with Gasteiger partial charge in [-0.3, -0.25) is 0 Å². The minimum absolute atomic E-state index is 0.302. The van der Waals surface area contributed by atoms with E-state index in [1.54, 1.807) is 31.4 Å². The molecule has 0 N–H and O–H groups in total. The van der Waals surface area contributed by atoms with E-state index in [9.17, 15) is 4.39 Å². The molecule has 0 fully saturated rings. The molecule has 1 aliphatic heterocycles. The smallest absolute Gasteiger partial charge is 0.236 e. The van der Waals surface area contributed by atoms with Crippen molar-refractivity contribution in [2.24, 2.45) is 5.11 Å². The van der Waals surface area contributed by atoms with E-state index in [1.165, 1.54) is 12.3 Å². The second kappa shape index (κ2) is 6.81. The summed E-state index contributed by atoms with van der Waals surface area (Å²) in [5.41, 5.74) is 9.62. The van der Waals surface area contributed by atoms with Gasteiger partial charge in [0.05, 0.1) is 12.9 Å². The second-order valence-electron chi connectivity index (χ2n) is 4.04. The number of nitrogens with zero attached hydrogens (tertiary/aromatic N) is 2. The first kappa shape index (κ1) is 14.2. The van der Waals surface area contributed by atoms with Crippen LogP contribution in [0.25, 0.3) is 5.57 Å². The van der Waals surface area contributed by atoms with Crippen molar-refractivity contribution < 1.29 is 18.6 Å². The molecule has 0 amide bonds. The van der Waals surface area contributed by atoms with Gasteiger partial charge in [0.15, 0.2) is 0 Å². The van der Waals surface area contributed by atoms with Crippen molar-refractivity contribution in [2.45, 2.75) is 6.23 Å². The van der Waals surface area contributed by atoms with Crippen LogP contribution in [0.5, 0.6) is 5.75 Å². The van der Waals surface area contributed by atoms with E-state index in [0.29, 0.717) is 30.1 Å². The summed E-state index contributed by atoms with van der Waals surface area (Å²) in [6, 6.07) is 4.48. The van der Waals surface area contributed by atoms with Gasteiger partial charge in [0, 0.05) is 24.3 Å². The maximum atomic E-state index is 14.1. The monoisotopic (exact) mass is 277 g/mol. The molecule has 1 aromatic rings. The summed E-state index contributed by atoms with van der Waals surface area (Å²) in [4.78, 5) is 0. The molecule has 0 aliphatic carbocycles. The number of halogens is 1. The maximum absolute atomic E-state index is 14.1. The highest BCUT2D eigenvalue weighted by atomic mass is 19.1. The zero-order valence-electron chi connectivity index (χ0n) is 11.0. The Bertz CT molecular complexity index is 543. The summed E-state index contributed by atoms with van der Waals surface area (Å²) in [5.74, 6) is -0.0626. The molecule has 1 radical (unpaired) electrons. The fraction of sp³-hybridized carbons (Fsp3) is 0.286. The Morgan fingerprint density at radius 3 is 2.95 bits per heavy atom. The summed E-state index contributed by atoms with van der Waals surface area (Å²) in [6.07, 6.45) is 3.71.